The van der Waals surface area contributed by atoms with E-state index in [1.54, 1.807) is 7.11 Å². The molecule has 4 heteroatoms. The summed E-state index contributed by atoms with van der Waals surface area (Å²) >= 11 is 0. The number of carbonyl (C=O) groups excluding carboxylic acids is 1. The van der Waals surface area contributed by atoms with E-state index in [9.17, 15) is 4.79 Å². The Kier molecular flexibility index (Phi) is 5.17. The zero-order chi connectivity index (χ0) is 15.5. The molecule has 0 aliphatic rings. The van der Waals surface area contributed by atoms with Crippen molar-refractivity contribution in [3.8, 4) is 5.75 Å². The molecule has 4 nitrogen and oxygen atoms in total. The van der Waals surface area contributed by atoms with Crippen LogP contribution in [0.5, 0.6) is 5.75 Å². The minimum Gasteiger partial charge on any atom is -0.496 e. The summed E-state index contributed by atoms with van der Waals surface area (Å²) in [7, 11) is 1.67. The van der Waals surface area contributed by atoms with Gasteiger partial charge >= 0.3 is 0 Å². The second-order valence-electron chi connectivity index (χ2n) is 6.31. The third kappa shape index (κ3) is 4.23. The van der Waals surface area contributed by atoms with Gasteiger partial charge in [0.05, 0.1) is 7.11 Å². The van der Waals surface area contributed by atoms with Crippen LogP contribution in [-0.4, -0.2) is 13.0 Å². The van der Waals surface area contributed by atoms with Crippen LogP contribution in [0, 0.1) is 19.3 Å². The highest BCUT2D eigenvalue weighted by molar-refractivity contribution is 5.74. The lowest BCUT2D eigenvalue weighted by atomic mass is 9.80. The van der Waals surface area contributed by atoms with Crippen LogP contribution in [0.25, 0.3) is 0 Å². The number of methoxy groups -OCH3 is 1. The van der Waals surface area contributed by atoms with Crippen LogP contribution >= 0.6 is 0 Å². The van der Waals surface area contributed by atoms with Crippen molar-refractivity contribution in [3.05, 3.63) is 28.8 Å². The number of benzene rings is 1. The monoisotopic (exact) mass is 278 g/mol. The fourth-order valence-corrected chi connectivity index (χ4v) is 2.78. The smallest absolute Gasteiger partial charge is 0.217 e. The molecule has 0 radical (unpaired) electrons. The molecule has 4 N–H and O–H groups in total. The summed E-state index contributed by atoms with van der Waals surface area (Å²) in [5.41, 5.74) is 14.6. The summed E-state index contributed by atoms with van der Waals surface area (Å²) in [4.78, 5) is 11.1. The van der Waals surface area contributed by atoms with Crippen LogP contribution in [0.3, 0.4) is 0 Å². The number of aryl methyl sites for hydroxylation is 2. The molecule has 0 spiro atoms. The van der Waals surface area contributed by atoms with Gasteiger partial charge in [-0.15, -0.1) is 0 Å². The van der Waals surface area contributed by atoms with Gasteiger partial charge in [-0.25, -0.2) is 0 Å². The van der Waals surface area contributed by atoms with Crippen LogP contribution in [0.15, 0.2) is 12.1 Å². The van der Waals surface area contributed by atoms with Crippen LogP contribution in [0.2, 0.25) is 0 Å². The lowest BCUT2D eigenvalue weighted by Gasteiger charge is -2.27. The molecule has 0 aromatic heterocycles. The normalized spacial score (nSPS) is 13.1. The van der Waals surface area contributed by atoms with E-state index in [-0.39, 0.29) is 17.4 Å². The van der Waals surface area contributed by atoms with Crippen molar-refractivity contribution < 1.29 is 9.53 Å². The van der Waals surface area contributed by atoms with Crippen molar-refractivity contribution in [1.82, 2.24) is 0 Å². The first-order valence-corrected chi connectivity index (χ1v) is 6.85. The minimum absolute atomic E-state index is 0.118. The number of hydrogen-bond donors (Lipinski definition) is 2. The molecule has 0 saturated heterocycles. The zero-order valence-electron chi connectivity index (χ0n) is 13.1. The van der Waals surface area contributed by atoms with E-state index in [0.717, 1.165) is 22.4 Å². The second-order valence-corrected chi connectivity index (χ2v) is 6.31. The number of amides is 1. The molecule has 0 saturated carbocycles. The maximum absolute atomic E-state index is 11.1. The summed E-state index contributed by atoms with van der Waals surface area (Å²) in [6, 6.07) is 3.99. The maximum atomic E-state index is 11.1. The quantitative estimate of drug-likeness (QED) is 0.839. The van der Waals surface area contributed by atoms with E-state index >= 15 is 0 Å². The molecule has 1 amide bonds. The number of carbonyl (C=O) groups is 1. The molecule has 1 aromatic rings. The first-order chi connectivity index (χ1) is 9.16. The fraction of sp³-hybridized carbons (Fsp3) is 0.562. The summed E-state index contributed by atoms with van der Waals surface area (Å²) in [6.45, 7) is 8.05. The lowest BCUT2D eigenvalue weighted by Crippen LogP contribution is -2.27. The second kappa shape index (κ2) is 6.27. The van der Waals surface area contributed by atoms with Crippen LogP contribution in [0.1, 0.15) is 49.4 Å². The van der Waals surface area contributed by atoms with Gasteiger partial charge in [-0.1, -0.05) is 26.0 Å². The lowest BCUT2D eigenvalue weighted by molar-refractivity contribution is -0.120. The van der Waals surface area contributed by atoms with Gasteiger partial charge in [-0.2, -0.15) is 0 Å². The average molecular weight is 278 g/mol. The van der Waals surface area contributed by atoms with Gasteiger partial charge in [-0.3, -0.25) is 4.79 Å². The predicted molar refractivity (Wildman–Crippen MR) is 81.6 cm³/mol. The highest BCUT2D eigenvalue weighted by atomic mass is 16.5. The van der Waals surface area contributed by atoms with Gasteiger partial charge in [0.25, 0.3) is 0 Å². The summed E-state index contributed by atoms with van der Waals surface area (Å²) in [6.07, 6.45) is 1.05. The van der Waals surface area contributed by atoms with E-state index in [1.807, 2.05) is 27.7 Å². The standard InChI is InChI=1S/C16H26N2O2/c1-10-6-12(7-11(2)15(10)20-5)13(17)8-16(3,4)9-14(18)19/h6-7,13H,8-9,17H2,1-5H3,(H2,18,19). The van der Waals surface area contributed by atoms with Crippen molar-refractivity contribution in [2.24, 2.45) is 16.9 Å². The van der Waals surface area contributed by atoms with E-state index in [0.29, 0.717) is 12.8 Å². The van der Waals surface area contributed by atoms with Crippen molar-refractivity contribution in [1.29, 1.82) is 0 Å². The summed E-state index contributed by atoms with van der Waals surface area (Å²) in [5, 5.41) is 0. The third-order valence-corrected chi connectivity index (χ3v) is 3.54. The molecule has 0 bridgehead atoms. The molecule has 0 heterocycles. The molecule has 0 fully saturated rings. The van der Waals surface area contributed by atoms with Gasteiger partial charge in [-0.05, 0) is 42.4 Å². The summed E-state index contributed by atoms with van der Waals surface area (Å²) < 4.78 is 5.36. The number of primary amides is 1. The largest absolute Gasteiger partial charge is 0.496 e. The van der Waals surface area contributed by atoms with Crippen molar-refractivity contribution in [2.75, 3.05) is 7.11 Å². The topological polar surface area (TPSA) is 78.3 Å². The van der Waals surface area contributed by atoms with Crippen LogP contribution in [-0.2, 0) is 4.79 Å². The number of hydrogen-bond acceptors (Lipinski definition) is 3. The Labute approximate surface area is 121 Å². The van der Waals surface area contributed by atoms with E-state index in [2.05, 4.69) is 12.1 Å². The molecule has 1 aromatic carbocycles. The van der Waals surface area contributed by atoms with E-state index in [1.165, 1.54) is 0 Å². The molecule has 20 heavy (non-hydrogen) atoms. The highest BCUT2D eigenvalue weighted by Gasteiger charge is 2.25. The van der Waals surface area contributed by atoms with Gasteiger partial charge < -0.3 is 16.2 Å². The average Bonchev–Trinajstić information content (AvgIpc) is 2.25. The molecule has 1 atom stereocenters. The van der Waals surface area contributed by atoms with Gasteiger partial charge in [0.2, 0.25) is 5.91 Å². The first kappa shape index (κ1) is 16.5. The third-order valence-electron chi connectivity index (χ3n) is 3.54. The molecule has 0 aliphatic heterocycles. The Morgan fingerprint density at radius 1 is 1.30 bits per heavy atom. The molecule has 1 rings (SSSR count). The Morgan fingerprint density at radius 3 is 2.20 bits per heavy atom. The molecule has 0 aliphatic carbocycles. The van der Waals surface area contributed by atoms with E-state index in [4.69, 9.17) is 16.2 Å². The predicted octanol–water partition coefficient (Wildman–Crippen LogP) is 2.60. The van der Waals surface area contributed by atoms with Crippen molar-refractivity contribution >= 4 is 5.91 Å². The van der Waals surface area contributed by atoms with Crippen LogP contribution < -0.4 is 16.2 Å². The van der Waals surface area contributed by atoms with Gasteiger partial charge in [0.1, 0.15) is 5.75 Å². The Balaban J connectivity index is 2.93. The maximum Gasteiger partial charge on any atom is 0.217 e. The Bertz CT molecular complexity index is 472. The zero-order valence-corrected chi connectivity index (χ0v) is 13.1. The Morgan fingerprint density at radius 2 is 1.80 bits per heavy atom. The molecule has 1 unspecified atom stereocenters. The SMILES string of the molecule is COc1c(C)cc(C(N)CC(C)(C)CC(N)=O)cc1C. The summed E-state index contributed by atoms with van der Waals surface area (Å²) in [5.74, 6) is 0.613. The molecular weight excluding hydrogens is 252 g/mol. The van der Waals surface area contributed by atoms with Crippen molar-refractivity contribution in [2.45, 2.75) is 46.6 Å². The number of nitrogens with two attached hydrogens (primary N) is 2. The Hall–Kier alpha value is -1.55. The van der Waals surface area contributed by atoms with Crippen LogP contribution in [0.4, 0.5) is 0 Å². The molecule has 112 valence electrons. The number of rotatable bonds is 6. The van der Waals surface area contributed by atoms with E-state index < -0.39 is 0 Å². The van der Waals surface area contributed by atoms with Gasteiger partial charge in [0, 0.05) is 12.5 Å². The highest BCUT2D eigenvalue weighted by Crippen LogP contribution is 2.34. The number of ether oxygens (including phenoxy) is 1. The minimum atomic E-state index is -0.288. The molecular formula is C16H26N2O2. The van der Waals surface area contributed by atoms with Gasteiger partial charge in [0.15, 0.2) is 0 Å². The first-order valence-electron chi connectivity index (χ1n) is 6.85. The fourth-order valence-electron chi connectivity index (χ4n) is 2.78. The van der Waals surface area contributed by atoms with Crippen molar-refractivity contribution in [3.63, 3.8) is 0 Å².